The first kappa shape index (κ1) is 17.1. The van der Waals surface area contributed by atoms with E-state index in [1.165, 1.54) is 0 Å². The number of likely N-dealkylation sites (tertiary alicyclic amines) is 1. The summed E-state index contributed by atoms with van der Waals surface area (Å²) in [5, 5.41) is 12.1. The molecular weight excluding hydrogens is 336 g/mol. The van der Waals surface area contributed by atoms with Crippen LogP contribution in [-0.4, -0.2) is 50.9 Å². The molecule has 0 saturated carbocycles. The van der Waals surface area contributed by atoms with Gasteiger partial charge >= 0.3 is 24.2 Å². The number of aromatic carboxylic acids is 1. The van der Waals surface area contributed by atoms with Crippen molar-refractivity contribution in [2.75, 3.05) is 13.1 Å². The SMILES string of the molecule is O=C(O)c1cnn(C2CCN(C(=O)C(F)(F)F)C2)c1C(F)(F)F. The molecule has 0 aromatic carbocycles. The Hall–Kier alpha value is -2.27. The molecule has 23 heavy (non-hydrogen) atoms. The number of carboxylic acids is 1. The maximum absolute atomic E-state index is 13.0. The smallest absolute Gasteiger partial charge is 0.471 e. The van der Waals surface area contributed by atoms with Crippen molar-refractivity contribution in [3.63, 3.8) is 0 Å². The van der Waals surface area contributed by atoms with Crippen LogP contribution in [0.25, 0.3) is 0 Å². The summed E-state index contributed by atoms with van der Waals surface area (Å²) in [5.41, 5.74) is -2.66. The number of alkyl halides is 6. The van der Waals surface area contributed by atoms with Gasteiger partial charge in [0.05, 0.1) is 12.2 Å². The molecule has 0 radical (unpaired) electrons. The Labute approximate surface area is 124 Å². The Morgan fingerprint density at radius 2 is 1.83 bits per heavy atom. The van der Waals surface area contributed by atoms with Crippen LogP contribution in [0.1, 0.15) is 28.5 Å². The van der Waals surface area contributed by atoms with Crippen molar-refractivity contribution in [1.82, 2.24) is 14.7 Å². The van der Waals surface area contributed by atoms with Crippen molar-refractivity contribution in [2.24, 2.45) is 0 Å². The number of hydrogen-bond acceptors (Lipinski definition) is 3. The third-order valence-corrected chi connectivity index (χ3v) is 3.33. The maximum atomic E-state index is 13.0. The van der Waals surface area contributed by atoms with Crippen molar-refractivity contribution in [3.05, 3.63) is 17.5 Å². The van der Waals surface area contributed by atoms with Crippen LogP contribution in [0.2, 0.25) is 0 Å². The Morgan fingerprint density at radius 1 is 1.22 bits per heavy atom. The predicted octanol–water partition coefficient (Wildman–Crippen LogP) is 1.94. The molecule has 1 fully saturated rings. The number of aromatic nitrogens is 2. The number of nitrogens with zero attached hydrogens (tertiary/aromatic N) is 3. The number of amides is 1. The topological polar surface area (TPSA) is 75.4 Å². The predicted molar refractivity (Wildman–Crippen MR) is 60.5 cm³/mol. The summed E-state index contributed by atoms with van der Waals surface area (Å²) in [4.78, 5) is 22.3. The number of carbonyl (C=O) groups excluding carboxylic acids is 1. The van der Waals surface area contributed by atoms with E-state index in [0.717, 1.165) is 0 Å². The fourth-order valence-electron chi connectivity index (χ4n) is 2.38. The highest BCUT2D eigenvalue weighted by Crippen LogP contribution is 2.36. The second-order valence-electron chi connectivity index (χ2n) is 4.85. The third kappa shape index (κ3) is 3.24. The van der Waals surface area contributed by atoms with Gasteiger partial charge in [0.15, 0.2) is 5.69 Å². The van der Waals surface area contributed by atoms with Gasteiger partial charge in [-0.2, -0.15) is 31.4 Å². The van der Waals surface area contributed by atoms with Crippen molar-refractivity contribution in [1.29, 1.82) is 0 Å². The minimum absolute atomic E-state index is 0.203. The van der Waals surface area contributed by atoms with Gasteiger partial charge in [-0.15, -0.1) is 0 Å². The summed E-state index contributed by atoms with van der Waals surface area (Å²) < 4.78 is 76.4. The minimum Gasteiger partial charge on any atom is -0.478 e. The van der Waals surface area contributed by atoms with Crippen molar-refractivity contribution in [3.8, 4) is 0 Å². The second-order valence-corrected chi connectivity index (χ2v) is 4.85. The summed E-state index contributed by atoms with van der Waals surface area (Å²) in [6.45, 7) is -1.04. The van der Waals surface area contributed by atoms with E-state index in [9.17, 15) is 35.9 Å². The fourth-order valence-corrected chi connectivity index (χ4v) is 2.38. The molecule has 1 aromatic rings. The Morgan fingerprint density at radius 3 is 2.30 bits per heavy atom. The van der Waals surface area contributed by atoms with E-state index in [0.29, 0.717) is 15.8 Å². The number of carbonyl (C=O) groups is 2. The molecule has 1 saturated heterocycles. The molecule has 0 spiro atoms. The fraction of sp³-hybridized carbons (Fsp3) is 0.545. The van der Waals surface area contributed by atoms with Crippen LogP contribution < -0.4 is 0 Å². The van der Waals surface area contributed by atoms with Gasteiger partial charge in [0.1, 0.15) is 5.56 Å². The van der Waals surface area contributed by atoms with Crippen LogP contribution in [0.15, 0.2) is 6.20 Å². The van der Waals surface area contributed by atoms with E-state index in [-0.39, 0.29) is 6.42 Å². The van der Waals surface area contributed by atoms with Crippen molar-refractivity contribution in [2.45, 2.75) is 24.8 Å². The van der Waals surface area contributed by atoms with E-state index >= 15 is 0 Å². The van der Waals surface area contributed by atoms with Gasteiger partial charge in [-0.1, -0.05) is 0 Å². The highest BCUT2D eigenvalue weighted by atomic mass is 19.4. The average Bonchev–Trinajstić information content (AvgIpc) is 3.02. The van der Waals surface area contributed by atoms with Gasteiger partial charge in [-0.05, 0) is 6.42 Å². The molecule has 6 nitrogen and oxygen atoms in total. The lowest BCUT2D eigenvalue weighted by molar-refractivity contribution is -0.184. The first-order valence-electron chi connectivity index (χ1n) is 6.17. The summed E-state index contributed by atoms with van der Waals surface area (Å²) >= 11 is 0. The number of halogens is 6. The lowest BCUT2D eigenvalue weighted by Crippen LogP contribution is -2.39. The van der Waals surface area contributed by atoms with Crippen LogP contribution in [0, 0.1) is 0 Å². The summed E-state index contributed by atoms with van der Waals surface area (Å²) in [6.07, 6.45) is -9.89. The van der Waals surface area contributed by atoms with E-state index in [1.807, 2.05) is 0 Å². The molecule has 0 aliphatic carbocycles. The van der Waals surface area contributed by atoms with E-state index < -0.39 is 54.6 Å². The molecule has 1 aliphatic heterocycles. The average molecular weight is 345 g/mol. The van der Waals surface area contributed by atoms with E-state index in [4.69, 9.17) is 5.11 Å². The van der Waals surface area contributed by atoms with Crippen molar-refractivity contribution >= 4 is 11.9 Å². The lowest BCUT2D eigenvalue weighted by Gasteiger charge is -2.19. The van der Waals surface area contributed by atoms with Crippen LogP contribution in [-0.2, 0) is 11.0 Å². The van der Waals surface area contributed by atoms with Crippen LogP contribution >= 0.6 is 0 Å². The van der Waals surface area contributed by atoms with E-state index in [2.05, 4.69) is 5.10 Å². The van der Waals surface area contributed by atoms with Crippen LogP contribution in [0.3, 0.4) is 0 Å². The highest BCUT2D eigenvalue weighted by Gasteiger charge is 2.47. The largest absolute Gasteiger partial charge is 0.478 e. The Bertz CT molecular complexity index is 636. The molecule has 1 aromatic heterocycles. The molecule has 0 bridgehead atoms. The van der Waals surface area contributed by atoms with E-state index in [1.54, 1.807) is 0 Å². The molecule has 1 N–H and O–H groups in total. The maximum Gasteiger partial charge on any atom is 0.471 e. The third-order valence-electron chi connectivity index (χ3n) is 3.33. The van der Waals surface area contributed by atoms with Crippen LogP contribution in [0.5, 0.6) is 0 Å². The Balaban J connectivity index is 2.31. The zero-order valence-corrected chi connectivity index (χ0v) is 11.1. The quantitative estimate of drug-likeness (QED) is 0.832. The molecule has 12 heteroatoms. The molecular formula is C11H9F6N3O3. The molecule has 1 atom stereocenters. The van der Waals surface area contributed by atoms with Gasteiger partial charge in [-0.3, -0.25) is 9.48 Å². The standard InChI is InChI=1S/C11H9F6N3O3/c12-10(13,14)7-6(8(21)22)3-18-20(7)5-1-2-19(4-5)9(23)11(15,16)17/h3,5H,1-2,4H2,(H,21,22). The van der Waals surface area contributed by atoms with Gasteiger partial charge in [0, 0.05) is 13.1 Å². The number of carboxylic acid groups (broad SMARTS) is 1. The summed E-state index contributed by atoms with van der Waals surface area (Å²) in [7, 11) is 0. The molecule has 1 unspecified atom stereocenters. The van der Waals surface area contributed by atoms with Gasteiger partial charge < -0.3 is 10.0 Å². The monoisotopic (exact) mass is 345 g/mol. The van der Waals surface area contributed by atoms with Crippen LogP contribution in [0.4, 0.5) is 26.3 Å². The lowest BCUT2D eigenvalue weighted by atomic mass is 10.2. The van der Waals surface area contributed by atoms with Gasteiger partial charge in [0.25, 0.3) is 0 Å². The molecule has 2 heterocycles. The normalized spacial score (nSPS) is 19.2. The molecule has 1 amide bonds. The number of rotatable bonds is 2. The number of hydrogen-bond donors (Lipinski definition) is 1. The zero-order valence-electron chi connectivity index (χ0n) is 11.1. The molecule has 1 aliphatic rings. The van der Waals surface area contributed by atoms with Crippen molar-refractivity contribution < 1.29 is 41.0 Å². The summed E-state index contributed by atoms with van der Waals surface area (Å²) in [6, 6.07) is -1.19. The molecule has 2 rings (SSSR count). The second kappa shape index (κ2) is 5.42. The Kier molecular flexibility index (Phi) is 4.03. The first-order valence-corrected chi connectivity index (χ1v) is 6.17. The van der Waals surface area contributed by atoms with Gasteiger partial charge in [0.2, 0.25) is 0 Å². The van der Waals surface area contributed by atoms with Gasteiger partial charge in [-0.25, -0.2) is 4.79 Å². The first-order chi connectivity index (χ1) is 10.4. The molecule has 128 valence electrons. The minimum atomic E-state index is -5.13. The zero-order chi connectivity index (χ0) is 17.6. The summed E-state index contributed by atoms with van der Waals surface area (Å²) in [5.74, 6) is -4.01. The highest BCUT2D eigenvalue weighted by molar-refractivity contribution is 5.88.